The van der Waals surface area contributed by atoms with E-state index in [1.54, 1.807) is 12.1 Å². The molecular weight excluding hydrogens is 305 g/mol. The number of hydrogen-bond acceptors (Lipinski definition) is 2. The van der Waals surface area contributed by atoms with Crippen molar-refractivity contribution >= 4 is 6.29 Å². The van der Waals surface area contributed by atoms with Gasteiger partial charge in [-0.3, -0.25) is 4.79 Å². The van der Waals surface area contributed by atoms with E-state index in [0.29, 0.717) is 12.0 Å². The molecule has 2 aromatic carbocycles. The zero-order chi connectivity index (χ0) is 16.4. The molecule has 6 heteroatoms. The van der Waals surface area contributed by atoms with Gasteiger partial charge in [0.25, 0.3) is 0 Å². The number of alkyl halides is 3. The zero-order valence-corrected chi connectivity index (χ0v) is 11.8. The van der Waals surface area contributed by atoms with Gasteiger partial charge in [0, 0.05) is 11.8 Å². The molecule has 0 atom stereocenters. The summed E-state index contributed by atoms with van der Waals surface area (Å²) in [6, 6.07) is 13.8. The molecule has 0 aliphatic rings. The number of carbonyl (C=O) groups excluding carboxylic acids is 1. The molecule has 0 unspecified atom stereocenters. The number of para-hydroxylation sites is 1. The van der Waals surface area contributed by atoms with Crippen molar-refractivity contribution in [3.05, 3.63) is 71.9 Å². The Hall–Kier alpha value is -2.89. The van der Waals surface area contributed by atoms with Crippen molar-refractivity contribution in [3.8, 4) is 16.9 Å². The molecule has 0 saturated heterocycles. The molecule has 0 spiro atoms. The zero-order valence-electron chi connectivity index (χ0n) is 11.8. The summed E-state index contributed by atoms with van der Waals surface area (Å²) in [5, 5.41) is 4.26. The van der Waals surface area contributed by atoms with Crippen LogP contribution in [0.25, 0.3) is 16.9 Å². The molecule has 1 aromatic heterocycles. The molecule has 3 aromatic rings. The van der Waals surface area contributed by atoms with E-state index in [-0.39, 0.29) is 16.8 Å². The van der Waals surface area contributed by atoms with Crippen LogP contribution in [0, 0.1) is 0 Å². The summed E-state index contributed by atoms with van der Waals surface area (Å²) in [4.78, 5) is 11.3. The molecule has 0 fully saturated rings. The Bertz CT molecular complexity index is 839. The van der Waals surface area contributed by atoms with E-state index in [1.807, 2.05) is 18.2 Å². The molecule has 1 heterocycles. The fourth-order valence-electron chi connectivity index (χ4n) is 2.25. The summed E-state index contributed by atoms with van der Waals surface area (Å²) >= 11 is 0. The van der Waals surface area contributed by atoms with Crippen LogP contribution in [0.1, 0.15) is 15.9 Å². The van der Waals surface area contributed by atoms with Crippen molar-refractivity contribution in [1.29, 1.82) is 0 Å². The lowest BCUT2D eigenvalue weighted by molar-refractivity contribution is -0.137. The quantitative estimate of drug-likeness (QED) is 0.673. The maximum atomic E-state index is 12.8. The predicted molar refractivity (Wildman–Crippen MR) is 79.4 cm³/mol. The summed E-state index contributed by atoms with van der Waals surface area (Å²) in [6.45, 7) is 0. The van der Waals surface area contributed by atoms with Gasteiger partial charge in [-0.2, -0.15) is 18.3 Å². The van der Waals surface area contributed by atoms with Crippen molar-refractivity contribution in [2.45, 2.75) is 6.18 Å². The van der Waals surface area contributed by atoms with Crippen LogP contribution in [-0.4, -0.2) is 16.1 Å². The first kappa shape index (κ1) is 15.0. The molecule has 0 saturated carbocycles. The van der Waals surface area contributed by atoms with Gasteiger partial charge in [0.05, 0.1) is 16.8 Å². The van der Waals surface area contributed by atoms with Crippen LogP contribution in [0.15, 0.2) is 60.8 Å². The molecule has 3 nitrogen and oxygen atoms in total. The van der Waals surface area contributed by atoms with E-state index in [0.717, 1.165) is 12.1 Å². The minimum Gasteiger partial charge on any atom is -0.298 e. The maximum Gasteiger partial charge on any atom is 0.416 e. The number of benzene rings is 2. The lowest BCUT2D eigenvalue weighted by Crippen LogP contribution is -2.04. The molecule has 0 bridgehead atoms. The largest absolute Gasteiger partial charge is 0.416 e. The van der Waals surface area contributed by atoms with Crippen LogP contribution >= 0.6 is 0 Å². The predicted octanol–water partition coefficient (Wildman–Crippen LogP) is 4.37. The average Bonchev–Trinajstić information content (AvgIpc) is 2.99. The van der Waals surface area contributed by atoms with Crippen molar-refractivity contribution in [2.24, 2.45) is 0 Å². The second kappa shape index (κ2) is 5.72. The van der Waals surface area contributed by atoms with Gasteiger partial charge >= 0.3 is 6.18 Å². The number of rotatable bonds is 3. The first-order valence-electron chi connectivity index (χ1n) is 6.77. The van der Waals surface area contributed by atoms with E-state index in [2.05, 4.69) is 5.10 Å². The molecule has 0 N–H and O–H groups in total. The van der Waals surface area contributed by atoms with Gasteiger partial charge in [-0.15, -0.1) is 0 Å². The summed E-state index contributed by atoms with van der Waals surface area (Å²) in [7, 11) is 0. The number of nitrogens with zero attached hydrogens (tertiary/aromatic N) is 2. The third kappa shape index (κ3) is 3.01. The van der Waals surface area contributed by atoms with Gasteiger partial charge in [-0.05, 0) is 24.3 Å². The van der Waals surface area contributed by atoms with E-state index in [4.69, 9.17) is 0 Å². The van der Waals surface area contributed by atoms with Gasteiger partial charge in [-0.25, -0.2) is 4.68 Å². The number of aldehydes is 1. The fraction of sp³-hybridized carbons (Fsp3) is 0.0588. The van der Waals surface area contributed by atoms with Crippen molar-refractivity contribution in [1.82, 2.24) is 9.78 Å². The van der Waals surface area contributed by atoms with Crippen molar-refractivity contribution in [3.63, 3.8) is 0 Å². The Balaban J connectivity index is 2.10. The van der Waals surface area contributed by atoms with Crippen LogP contribution in [0.5, 0.6) is 0 Å². The fourth-order valence-corrected chi connectivity index (χ4v) is 2.25. The Labute approximate surface area is 130 Å². The standard InChI is InChI=1S/C17H11F3N2O/c18-17(19,20)14-6-4-5-12(9-14)16-13(11-23)10-22(21-16)15-7-2-1-3-8-15/h1-11H. The summed E-state index contributed by atoms with van der Waals surface area (Å²) in [5.41, 5.74) is 0.634. The van der Waals surface area contributed by atoms with Crippen LogP contribution in [-0.2, 0) is 6.18 Å². The highest BCUT2D eigenvalue weighted by atomic mass is 19.4. The first-order valence-corrected chi connectivity index (χ1v) is 6.77. The monoisotopic (exact) mass is 316 g/mol. The summed E-state index contributed by atoms with van der Waals surface area (Å²) < 4.78 is 40.0. The van der Waals surface area contributed by atoms with Gasteiger partial charge in [0.15, 0.2) is 6.29 Å². The highest BCUT2D eigenvalue weighted by molar-refractivity contribution is 5.85. The second-order valence-corrected chi connectivity index (χ2v) is 4.91. The van der Waals surface area contributed by atoms with Crippen LogP contribution in [0.4, 0.5) is 13.2 Å². The summed E-state index contributed by atoms with van der Waals surface area (Å²) in [5.74, 6) is 0. The van der Waals surface area contributed by atoms with E-state index in [1.165, 1.54) is 23.0 Å². The smallest absolute Gasteiger partial charge is 0.298 e. The lowest BCUT2D eigenvalue weighted by Gasteiger charge is -2.07. The number of aromatic nitrogens is 2. The van der Waals surface area contributed by atoms with Gasteiger partial charge in [-0.1, -0.05) is 30.3 Å². The first-order chi connectivity index (χ1) is 11.0. The molecule has 23 heavy (non-hydrogen) atoms. The highest BCUT2D eigenvalue weighted by Gasteiger charge is 2.30. The van der Waals surface area contributed by atoms with Gasteiger partial charge < -0.3 is 0 Å². The Morgan fingerprint density at radius 3 is 2.39 bits per heavy atom. The number of hydrogen-bond donors (Lipinski definition) is 0. The number of halogens is 3. The minimum absolute atomic E-state index is 0.218. The Morgan fingerprint density at radius 2 is 1.74 bits per heavy atom. The molecule has 3 rings (SSSR count). The van der Waals surface area contributed by atoms with Crippen LogP contribution in [0.3, 0.4) is 0 Å². The normalized spacial score (nSPS) is 11.4. The third-order valence-corrected chi connectivity index (χ3v) is 3.35. The van der Waals surface area contributed by atoms with E-state index < -0.39 is 11.7 Å². The average molecular weight is 316 g/mol. The summed E-state index contributed by atoms with van der Waals surface area (Å²) in [6.07, 6.45) is -2.36. The van der Waals surface area contributed by atoms with Crippen molar-refractivity contribution < 1.29 is 18.0 Å². The highest BCUT2D eigenvalue weighted by Crippen LogP contribution is 2.32. The Kier molecular flexibility index (Phi) is 3.73. The van der Waals surface area contributed by atoms with Crippen molar-refractivity contribution in [2.75, 3.05) is 0 Å². The maximum absolute atomic E-state index is 12.8. The Morgan fingerprint density at radius 1 is 1.00 bits per heavy atom. The van der Waals surface area contributed by atoms with Crippen LogP contribution in [0.2, 0.25) is 0 Å². The molecule has 116 valence electrons. The number of carbonyl (C=O) groups is 1. The molecule has 0 aliphatic carbocycles. The molecule has 0 radical (unpaired) electrons. The third-order valence-electron chi connectivity index (χ3n) is 3.35. The van der Waals surface area contributed by atoms with Gasteiger partial charge in [0.2, 0.25) is 0 Å². The molecule has 0 aliphatic heterocycles. The SMILES string of the molecule is O=Cc1cn(-c2ccccc2)nc1-c1cccc(C(F)(F)F)c1. The van der Waals surface area contributed by atoms with E-state index in [9.17, 15) is 18.0 Å². The minimum atomic E-state index is -4.45. The van der Waals surface area contributed by atoms with E-state index >= 15 is 0 Å². The topological polar surface area (TPSA) is 34.9 Å². The lowest BCUT2D eigenvalue weighted by atomic mass is 10.1. The second-order valence-electron chi connectivity index (χ2n) is 4.91. The van der Waals surface area contributed by atoms with Gasteiger partial charge in [0.1, 0.15) is 5.69 Å². The van der Waals surface area contributed by atoms with Crippen LogP contribution < -0.4 is 0 Å². The molecular formula is C17H11F3N2O. The molecule has 0 amide bonds.